The van der Waals surface area contributed by atoms with Gasteiger partial charge < -0.3 is 19.4 Å². The number of nitrogens with zero attached hydrogens (tertiary/aromatic N) is 1. The topological polar surface area (TPSA) is 54.6 Å². The summed E-state index contributed by atoms with van der Waals surface area (Å²) in [7, 11) is 0. The van der Waals surface area contributed by atoms with Crippen molar-refractivity contribution >= 4 is 16.6 Å². The van der Waals surface area contributed by atoms with Gasteiger partial charge in [-0.1, -0.05) is 12.1 Å². The minimum Gasteiger partial charge on any atom is -0.486 e. The molecule has 5 heteroatoms. The Hall–Kier alpha value is -2.79. The van der Waals surface area contributed by atoms with Crippen LogP contribution in [0.5, 0.6) is 11.5 Å². The van der Waals surface area contributed by atoms with E-state index < -0.39 is 0 Å². The van der Waals surface area contributed by atoms with Crippen LogP contribution in [0.4, 0.5) is 0 Å². The van der Waals surface area contributed by atoms with Crippen LogP contribution in [0.2, 0.25) is 0 Å². The molecule has 0 amide bonds. The van der Waals surface area contributed by atoms with Crippen molar-refractivity contribution < 1.29 is 14.3 Å². The van der Waals surface area contributed by atoms with Crippen molar-refractivity contribution in [3.63, 3.8) is 0 Å². The van der Waals surface area contributed by atoms with Crippen molar-refractivity contribution in [2.45, 2.75) is 18.8 Å². The number of aromatic nitrogens is 1. The van der Waals surface area contributed by atoms with Gasteiger partial charge >= 0.3 is 0 Å². The van der Waals surface area contributed by atoms with Crippen LogP contribution in [0.25, 0.3) is 10.8 Å². The van der Waals surface area contributed by atoms with Crippen LogP contribution < -0.4 is 9.47 Å². The van der Waals surface area contributed by atoms with E-state index in [1.165, 1.54) is 5.56 Å². The third-order valence-corrected chi connectivity index (χ3v) is 5.84. The zero-order valence-corrected chi connectivity index (χ0v) is 15.8. The van der Waals surface area contributed by atoms with Crippen LogP contribution in [-0.4, -0.2) is 48.5 Å². The molecule has 5 rings (SSSR count). The highest BCUT2D eigenvalue weighted by Gasteiger charge is 2.24. The minimum atomic E-state index is 0.196. The number of benzene rings is 2. The predicted octanol–water partition coefficient (Wildman–Crippen LogP) is 4.00. The predicted molar refractivity (Wildman–Crippen MR) is 108 cm³/mol. The van der Waals surface area contributed by atoms with Gasteiger partial charge in [-0.05, 0) is 59.5 Å². The van der Waals surface area contributed by atoms with E-state index in [2.05, 4.69) is 22.1 Å². The Bertz CT molecular complexity index is 997. The van der Waals surface area contributed by atoms with E-state index in [0.29, 0.717) is 25.6 Å². The van der Waals surface area contributed by atoms with Crippen LogP contribution in [0.15, 0.2) is 48.8 Å². The van der Waals surface area contributed by atoms with Gasteiger partial charge in [-0.25, -0.2) is 0 Å². The second-order valence-corrected chi connectivity index (χ2v) is 7.66. The first-order valence-electron chi connectivity index (χ1n) is 9.98. The van der Waals surface area contributed by atoms with Crippen molar-refractivity contribution in [3.05, 3.63) is 59.9 Å². The van der Waals surface area contributed by atoms with E-state index in [4.69, 9.17) is 9.47 Å². The molecule has 3 aromatic rings. The van der Waals surface area contributed by atoms with Gasteiger partial charge in [-0.2, -0.15) is 0 Å². The number of fused-ring (bicyclic) bond motifs is 2. The summed E-state index contributed by atoms with van der Waals surface area (Å²) >= 11 is 0. The van der Waals surface area contributed by atoms with Crippen LogP contribution >= 0.6 is 0 Å². The number of ketones is 1. The van der Waals surface area contributed by atoms with E-state index in [0.717, 1.165) is 53.9 Å². The lowest BCUT2D eigenvalue weighted by atomic mass is 10.0. The van der Waals surface area contributed by atoms with Crippen LogP contribution in [0.1, 0.15) is 34.7 Å². The molecular weight excluding hydrogens is 352 g/mol. The van der Waals surface area contributed by atoms with Crippen molar-refractivity contribution in [3.8, 4) is 11.5 Å². The van der Waals surface area contributed by atoms with Crippen molar-refractivity contribution in [2.24, 2.45) is 0 Å². The molecule has 5 nitrogen and oxygen atoms in total. The molecule has 28 heavy (non-hydrogen) atoms. The summed E-state index contributed by atoms with van der Waals surface area (Å²) in [5.74, 6) is 2.32. The molecule has 0 bridgehead atoms. The Morgan fingerprint density at radius 3 is 2.68 bits per heavy atom. The number of likely N-dealkylation sites (tertiary alicyclic amines) is 1. The molecule has 2 aliphatic rings. The Balaban J connectivity index is 1.24. The van der Waals surface area contributed by atoms with E-state index in [9.17, 15) is 4.79 Å². The quantitative estimate of drug-likeness (QED) is 0.684. The number of Topliss-reactive ketones (excluding diaryl/α,β-unsaturated/α-hetero) is 1. The molecule has 1 fully saturated rings. The number of H-pyrrole nitrogens is 1. The molecule has 1 saturated heterocycles. The summed E-state index contributed by atoms with van der Waals surface area (Å²) in [5, 5.41) is 2.08. The molecular formula is C23H24N2O3. The highest BCUT2D eigenvalue weighted by Crippen LogP contribution is 2.35. The molecule has 2 aliphatic heterocycles. The number of ether oxygens (including phenoxy) is 2. The highest BCUT2D eigenvalue weighted by atomic mass is 16.6. The first-order valence-corrected chi connectivity index (χ1v) is 9.98. The molecule has 144 valence electrons. The van der Waals surface area contributed by atoms with Gasteiger partial charge in [-0.15, -0.1) is 0 Å². The summed E-state index contributed by atoms with van der Waals surface area (Å²) in [6.45, 7) is 4.06. The lowest BCUT2D eigenvalue weighted by molar-refractivity contribution is 0.0969. The number of nitrogens with one attached hydrogen (secondary N) is 1. The van der Waals surface area contributed by atoms with Gasteiger partial charge in [0.1, 0.15) is 13.2 Å². The summed E-state index contributed by atoms with van der Waals surface area (Å²) in [6, 6.07) is 12.0. The second-order valence-electron chi connectivity index (χ2n) is 7.66. The van der Waals surface area contributed by atoms with Crippen molar-refractivity contribution in [1.29, 1.82) is 0 Å². The summed E-state index contributed by atoms with van der Waals surface area (Å²) in [5.41, 5.74) is 2.14. The number of carbonyl (C=O) groups is 1. The monoisotopic (exact) mass is 376 g/mol. The van der Waals surface area contributed by atoms with Crippen LogP contribution in [-0.2, 0) is 0 Å². The van der Waals surface area contributed by atoms with Gasteiger partial charge in [0, 0.05) is 37.5 Å². The van der Waals surface area contributed by atoms with Crippen LogP contribution in [0.3, 0.4) is 0 Å². The smallest absolute Gasteiger partial charge is 0.164 e. The second kappa shape index (κ2) is 7.32. The molecule has 0 spiro atoms. The maximum absolute atomic E-state index is 12.8. The number of aromatic amines is 1. The van der Waals surface area contributed by atoms with Gasteiger partial charge in [0.05, 0.1) is 0 Å². The molecule has 0 radical (unpaired) electrons. The number of carbonyl (C=O) groups excluding carboxylic acids is 1. The largest absolute Gasteiger partial charge is 0.486 e. The fourth-order valence-corrected chi connectivity index (χ4v) is 4.26. The summed E-state index contributed by atoms with van der Waals surface area (Å²) in [6.07, 6.45) is 5.78. The minimum absolute atomic E-state index is 0.196. The highest BCUT2D eigenvalue weighted by molar-refractivity contribution is 6.00. The first kappa shape index (κ1) is 17.3. The average molecular weight is 376 g/mol. The number of rotatable bonds is 5. The summed E-state index contributed by atoms with van der Waals surface area (Å²) < 4.78 is 11.3. The first-order chi connectivity index (χ1) is 13.8. The maximum Gasteiger partial charge on any atom is 0.164 e. The summed E-state index contributed by atoms with van der Waals surface area (Å²) in [4.78, 5) is 18.3. The lowest BCUT2D eigenvalue weighted by Crippen LogP contribution is -2.23. The van der Waals surface area contributed by atoms with Crippen LogP contribution in [0, 0.1) is 0 Å². The van der Waals surface area contributed by atoms with E-state index in [1.54, 1.807) is 0 Å². The van der Waals surface area contributed by atoms with E-state index >= 15 is 0 Å². The molecule has 3 heterocycles. The van der Waals surface area contributed by atoms with Gasteiger partial charge in [0.2, 0.25) is 0 Å². The van der Waals surface area contributed by atoms with E-state index in [-0.39, 0.29) is 5.78 Å². The van der Waals surface area contributed by atoms with Crippen molar-refractivity contribution in [1.82, 2.24) is 9.88 Å². The lowest BCUT2D eigenvalue weighted by Gasteiger charge is -2.19. The molecule has 1 unspecified atom stereocenters. The molecule has 1 aromatic heterocycles. The average Bonchev–Trinajstić information content (AvgIpc) is 3.41. The van der Waals surface area contributed by atoms with Gasteiger partial charge in [0.25, 0.3) is 0 Å². The molecule has 2 aromatic carbocycles. The zero-order valence-electron chi connectivity index (χ0n) is 15.8. The third kappa shape index (κ3) is 3.38. The van der Waals surface area contributed by atoms with E-state index in [1.807, 2.05) is 36.5 Å². The maximum atomic E-state index is 12.8. The zero-order chi connectivity index (χ0) is 18.9. The van der Waals surface area contributed by atoms with Gasteiger partial charge in [0.15, 0.2) is 17.3 Å². The molecule has 0 saturated carbocycles. The van der Waals surface area contributed by atoms with Gasteiger partial charge in [-0.3, -0.25) is 4.79 Å². The Kier molecular flexibility index (Phi) is 4.53. The molecule has 1 atom stereocenters. The molecule has 1 N–H and O–H groups in total. The normalized spacial score (nSPS) is 19.2. The fourth-order valence-electron chi connectivity index (χ4n) is 4.26. The third-order valence-electron chi connectivity index (χ3n) is 5.84. The van der Waals surface area contributed by atoms with Crippen molar-refractivity contribution in [2.75, 3.05) is 32.8 Å². The standard InChI is InChI=1S/C23H24N2O3/c26-21(5-8-25-7-4-19(15-25)18-3-6-24-14-18)17-2-1-16-12-22-23(13-20(16)11-17)28-10-9-27-22/h1-3,6,11-14,19,24H,4-5,7-10,15H2. The Labute approximate surface area is 164 Å². The fraction of sp³-hybridized carbons (Fsp3) is 0.348. The SMILES string of the molecule is O=C(CCN1CCC(c2cc[nH]c2)C1)c1ccc2cc3c(cc2c1)OCCO3. The number of hydrogen-bond acceptors (Lipinski definition) is 4. The Morgan fingerprint density at radius 2 is 1.89 bits per heavy atom. The molecule has 0 aliphatic carbocycles. The number of hydrogen-bond donors (Lipinski definition) is 1. The Morgan fingerprint density at radius 1 is 1.07 bits per heavy atom.